The summed E-state index contributed by atoms with van der Waals surface area (Å²) in [4.78, 5) is 15.3. The van der Waals surface area contributed by atoms with E-state index in [2.05, 4.69) is 22.3 Å². The van der Waals surface area contributed by atoms with Gasteiger partial charge in [0.2, 0.25) is 11.1 Å². The number of aromatic nitrogens is 3. The maximum atomic E-state index is 13.5. The van der Waals surface area contributed by atoms with Crippen LogP contribution >= 0.6 is 11.8 Å². The molecule has 0 radical (unpaired) electrons. The van der Waals surface area contributed by atoms with Crippen molar-refractivity contribution in [3.05, 3.63) is 83.9 Å². The first-order chi connectivity index (χ1) is 16.2. The average molecular weight is 458 g/mol. The molecule has 33 heavy (non-hydrogen) atoms. The van der Waals surface area contributed by atoms with Crippen molar-refractivity contribution in [3.63, 3.8) is 0 Å². The van der Waals surface area contributed by atoms with Crippen LogP contribution in [0, 0.1) is 0 Å². The third kappa shape index (κ3) is 3.93. The van der Waals surface area contributed by atoms with Crippen molar-refractivity contribution in [2.75, 3.05) is 23.6 Å². The first-order valence-electron chi connectivity index (χ1n) is 10.6. The highest BCUT2D eigenvalue weighted by Gasteiger charge is 2.26. The second-order valence-electron chi connectivity index (χ2n) is 7.65. The molecule has 5 rings (SSSR count). The number of aryl methyl sites for hydroxylation is 2. The first kappa shape index (κ1) is 21.1. The zero-order valence-corrected chi connectivity index (χ0v) is 19.0. The van der Waals surface area contributed by atoms with Gasteiger partial charge in [-0.1, -0.05) is 60.3 Å². The molecule has 1 aromatic heterocycles. The number of hydrogen-bond acceptors (Lipinski definition) is 6. The molecule has 1 aliphatic heterocycles. The third-order valence-electron chi connectivity index (χ3n) is 5.72. The van der Waals surface area contributed by atoms with Gasteiger partial charge in [-0.15, -0.1) is 10.2 Å². The number of carbonyl (C=O) groups excluding carboxylic acids is 1. The third-order valence-corrected chi connectivity index (χ3v) is 6.64. The van der Waals surface area contributed by atoms with E-state index < -0.39 is 0 Å². The summed E-state index contributed by atoms with van der Waals surface area (Å²) in [5.74, 6) is 7.56. The van der Waals surface area contributed by atoms with E-state index in [0.717, 1.165) is 40.9 Å². The molecule has 1 amide bonds. The molecule has 0 spiro atoms. The second-order valence-corrected chi connectivity index (χ2v) is 8.59. The van der Waals surface area contributed by atoms with Crippen molar-refractivity contribution in [2.24, 2.45) is 0 Å². The molecule has 2 heterocycles. The van der Waals surface area contributed by atoms with E-state index in [-0.39, 0.29) is 11.7 Å². The Morgan fingerprint density at radius 2 is 1.55 bits per heavy atom. The number of amides is 1. The van der Waals surface area contributed by atoms with Crippen LogP contribution in [-0.2, 0) is 17.6 Å². The topological polar surface area (TPSA) is 86.3 Å². The Balaban J connectivity index is 1.42. The number of nitrogen functional groups attached to an aromatic ring is 1. The normalized spacial score (nSPS) is 12.6. The Labute approximate surface area is 196 Å². The molecule has 0 saturated heterocycles. The maximum Gasteiger partial charge on any atom is 0.242 e. The van der Waals surface area contributed by atoms with Gasteiger partial charge in [0.05, 0.1) is 29.8 Å². The quantitative estimate of drug-likeness (QED) is 0.357. The van der Waals surface area contributed by atoms with Gasteiger partial charge in [-0.25, -0.2) is 4.68 Å². The highest BCUT2D eigenvalue weighted by Crippen LogP contribution is 2.37. The lowest BCUT2D eigenvalue weighted by Gasteiger charge is -2.24. The van der Waals surface area contributed by atoms with E-state index in [0.29, 0.717) is 16.7 Å². The molecule has 166 valence electrons. The Morgan fingerprint density at radius 1 is 0.939 bits per heavy atom. The molecule has 4 aromatic rings. The minimum atomic E-state index is -0.0383. The molecular formula is C25H23N5O2S. The van der Waals surface area contributed by atoms with Crippen LogP contribution in [0.2, 0.25) is 0 Å². The fourth-order valence-corrected chi connectivity index (χ4v) is 4.83. The van der Waals surface area contributed by atoms with Crippen molar-refractivity contribution in [1.29, 1.82) is 0 Å². The summed E-state index contributed by atoms with van der Waals surface area (Å²) in [7, 11) is 1.60. The van der Waals surface area contributed by atoms with Gasteiger partial charge in [0.15, 0.2) is 5.82 Å². The van der Waals surface area contributed by atoms with Crippen LogP contribution < -0.4 is 15.5 Å². The van der Waals surface area contributed by atoms with E-state index >= 15 is 0 Å². The number of hydrogen-bond donors (Lipinski definition) is 1. The standard InChI is InChI=1S/C25H23N5O2S/c1-32-22-13-7-4-10-19(22)24-27-28-25(30(24)26)33-16-23(31)29-20-11-5-2-8-17(20)14-15-18-9-3-6-12-21(18)29/h2-13H,14-16,26H2,1H3. The van der Waals surface area contributed by atoms with Crippen LogP contribution in [0.3, 0.4) is 0 Å². The van der Waals surface area contributed by atoms with Gasteiger partial charge in [0.25, 0.3) is 0 Å². The van der Waals surface area contributed by atoms with Crippen molar-refractivity contribution in [2.45, 2.75) is 18.0 Å². The average Bonchev–Trinajstić information content (AvgIpc) is 3.13. The summed E-state index contributed by atoms with van der Waals surface area (Å²) >= 11 is 1.27. The summed E-state index contributed by atoms with van der Waals surface area (Å²) < 4.78 is 6.82. The maximum absolute atomic E-state index is 13.5. The lowest BCUT2D eigenvalue weighted by Crippen LogP contribution is -2.28. The number of carbonyl (C=O) groups is 1. The Morgan fingerprint density at radius 3 is 2.21 bits per heavy atom. The number of rotatable bonds is 5. The van der Waals surface area contributed by atoms with Gasteiger partial charge in [-0.3, -0.25) is 9.69 Å². The van der Waals surface area contributed by atoms with Gasteiger partial charge < -0.3 is 10.6 Å². The molecule has 3 aromatic carbocycles. The molecule has 0 fully saturated rings. The van der Waals surface area contributed by atoms with E-state index in [1.165, 1.54) is 16.4 Å². The minimum absolute atomic E-state index is 0.0383. The number of nitrogens with zero attached hydrogens (tertiary/aromatic N) is 4. The SMILES string of the molecule is COc1ccccc1-c1nnc(SCC(=O)N2c3ccccc3CCc3ccccc32)n1N. The number of anilines is 2. The van der Waals surface area contributed by atoms with E-state index in [1.807, 2.05) is 65.6 Å². The van der Waals surface area contributed by atoms with Gasteiger partial charge in [-0.05, 0) is 48.2 Å². The number of benzene rings is 3. The van der Waals surface area contributed by atoms with Crippen molar-refractivity contribution >= 4 is 29.0 Å². The molecule has 0 aliphatic carbocycles. The predicted molar refractivity (Wildman–Crippen MR) is 130 cm³/mol. The highest BCUT2D eigenvalue weighted by molar-refractivity contribution is 7.99. The molecule has 1 aliphatic rings. The monoisotopic (exact) mass is 457 g/mol. The van der Waals surface area contributed by atoms with Crippen LogP contribution in [0.25, 0.3) is 11.4 Å². The summed E-state index contributed by atoms with van der Waals surface area (Å²) in [5, 5.41) is 8.91. The Bertz CT molecular complexity index is 1270. The van der Waals surface area contributed by atoms with E-state index in [1.54, 1.807) is 7.11 Å². The van der Waals surface area contributed by atoms with Gasteiger partial charge >= 0.3 is 0 Å². The number of para-hydroxylation sites is 3. The van der Waals surface area contributed by atoms with Crippen LogP contribution in [0.4, 0.5) is 11.4 Å². The zero-order chi connectivity index (χ0) is 22.8. The van der Waals surface area contributed by atoms with Gasteiger partial charge in [-0.2, -0.15) is 0 Å². The molecule has 8 heteroatoms. The Kier molecular flexibility index (Phi) is 5.75. The number of nitrogens with two attached hydrogens (primary N) is 1. The first-order valence-corrected chi connectivity index (χ1v) is 11.6. The van der Waals surface area contributed by atoms with E-state index in [9.17, 15) is 4.79 Å². The van der Waals surface area contributed by atoms with E-state index in [4.69, 9.17) is 10.6 Å². The summed E-state index contributed by atoms with van der Waals surface area (Å²) in [5.41, 5.74) is 4.91. The molecular weight excluding hydrogens is 434 g/mol. The number of thioether (sulfide) groups is 1. The lowest BCUT2D eigenvalue weighted by atomic mass is 10.0. The van der Waals surface area contributed by atoms with Crippen molar-refractivity contribution in [3.8, 4) is 17.1 Å². The predicted octanol–water partition coefficient (Wildman–Crippen LogP) is 4.22. The largest absolute Gasteiger partial charge is 0.496 e. The number of ether oxygens (including phenoxy) is 1. The van der Waals surface area contributed by atoms with Crippen LogP contribution in [0.15, 0.2) is 78.0 Å². The smallest absolute Gasteiger partial charge is 0.242 e. The van der Waals surface area contributed by atoms with Crippen LogP contribution in [-0.4, -0.2) is 33.6 Å². The summed E-state index contributed by atoms with van der Waals surface area (Å²) in [6.45, 7) is 0. The molecule has 2 N–H and O–H groups in total. The number of methoxy groups -OCH3 is 1. The molecule has 0 saturated carbocycles. The fraction of sp³-hybridized carbons (Fsp3) is 0.160. The van der Waals surface area contributed by atoms with Crippen molar-refractivity contribution in [1.82, 2.24) is 14.9 Å². The second kappa shape index (κ2) is 8.99. The fourth-order valence-electron chi connectivity index (χ4n) is 4.13. The van der Waals surface area contributed by atoms with Gasteiger partial charge in [0.1, 0.15) is 5.75 Å². The molecule has 7 nitrogen and oxygen atoms in total. The summed E-state index contributed by atoms with van der Waals surface area (Å²) in [6.07, 6.45) is 1.78. The molecule has 0 atom stereocenters. The summed E-state index contributed by atoms with van der Waals surface area (Å²) in [6, 6.07) is 23.6. The zero-order valence-electron chi connectivity index (χ0n) is 18.1. The number of fused-ring (bicyclic) bond motifs is 2. The Hall–Kier alpha value is -3.78. The molecule has 0 unspecified atom stereocenters. The van der Waals surface area contributed by atoms with Crippen molar-refractivity contribution < 1.29 is 9.53 Å². The van der Waals surface area contributed by atoms with Crippen LogP contribution in [0.1, 0.15) is 11.1 Å². The lowest BCUT2D eigenvalue weighted by molar-refractivity contribution is -0.115. The molecule has 0 bridgehead atoms. The van der Waals surface area contributed by atoms with Crippen LogP contribution in [0.5, 0.6) is 5.75 Å². The highest BCUT2D eigenvalue weighted by atomic mass is 32.2. The van der Waals surface area contributed by atoms with Gasteiger partial charge in [0, 0.05) is 0 Å². The minimum Gasteiger partial charge on any atom is -0.496 e.